The van der Waals surface area contributed by atoms with Crippen molar-refractivity contribution in [1.29, 1.82) is 0 Å². The van der Waals surface area contributed by atoms with Gasteiger partial charge in [0.05, 0.1) is 23.6 Å². The van der Waals surface area contributed by atoms with Gasteiger partial charge >= 0.3 is 6.61 Å². The summed E-state index contributed by atoms with van der Waals surface area (Å²) in [5.74, 6) is -0.390. The van der Waals surface area contributed by atoms with Crippen molar-refractivity contribution in [3.05, 3.63) is 72.6 Å². The molecule has 0 saturated heterocycles. The number of carbonyl (C=O) groups excluding carboxylic acids is 1. The van der Waals surface area contributed by atoms with Crippen molar-refractivity contribution in [2.24, 2.45) is 5.10 Å². The molecular formula is C21H16F2N4O2. The molecule has 3 aromatic carbocycles. The maximum absolute atomic E-state index is 12.7. The van der Waals surface area contributed by atoms with E-state index in [1.807, 2.05) is 36.4 Å². The number of hydrogen-bond acceptors (Lipinski definition) is 4. The molecule has 0 saturated carbocycles. The van der Waals surface area contributed by atoms with Crippen molar-refractivity contribution < 1.29 is 18.3 Å². The standard InChI is InChI=1S/C21H16F2N4O2/c22-21(23)29-19-10-9-14-5-1-2-6-15(14)16(19)11-25-26-20(28)12-27-13-24-17-7-3-4-8-18(17)27/h1-11,13,21H,12H2,(H,26,28)/b25-11-. The number of alkyl halides is 2. The number of aromatic nitrogens is 2. The fourth-order valence-corrected chi connectivity index (χ4v) is 3.10. The minimum Gasteiger partial charge on any atom is -0.434 e. The number of amides is 1. The number of para-hydroxylation sites is 2. The number of benzene rings is 3. The van der Waals surface area contributed by atoms with Crippen LogP contribution in [0, 0.1) is 0 Å². The van der Waals surface area contributed by atoms with E-state index in [1.165, 1.54) is 12.3 Å². The van der Waals surface area contributed by atoms with Gasteiger partial charge in [0.2, 0.25) is 0 Å². The van der Waals surface area contributed by atoms with Gasteiger partial charge in [0, 0.05) is 5.56 Å². The number of rotatable bonds is 6. The van der Waals surface area contributed by atoms with Crippen LogP contribution in [0.15, 0.2) is 72.1 Å². The number of hydrazone groups is 1. The summed E-state index contributed by atoms with van der Waals surface area (Å²) in [6.07, 6.45) is 2.89. The number of nitrogens with one attached hydrogen (secondary N) is 1. The SMILES string of the molecule is O=C(Cn1cnc2ccccc21)N/N=C\c1c(OC(F)F)ccc2ccccc12. The van der Waals surface area contributed by atoms with E-state index >= 15 is 0 Å². The monoisotopic (exact) mass is 394 g/mol. The number of fused-ring (bicyclic) bond motifs is 2. The first kappa shape index (κ1) is 18.5. The summed E-state index contributed by atoms with van der Waals surface area (Å²) in [5.41, 5.74) is 4.39. The first-order chi connectivity index (χ1) is 14.1. The molecule has 0 atom stereocenters. The van der Waals surface area contributed by atoms with Gasteiger partial charge in [-0.25, -0.2) is 10.4 Å². The molecule has 1 heterocycles. The molecule has 0 fully saturated rings. The van der Waals surface area contributed by atoms with Gasteiger partial charge in [-0.15, -0.1) is 0 Å². The molecule has 6 nitrogen and oxygen atoms in total. The van der Waals surface area contributed by atoms with E-state index in [4.69, 9.17) is 0 Å². The van der Waals surface area contributed by atoms with Gasteiger partial charge in [0.15, 0.2) is 0 Å². The Morgan fingerprint density at radius 3 is 2.79 bits per heavy atom. The molecule has 1 N–H and O–H groups in total. The van der Waals surface area contributed by atoms with Gasteiger partial charge in [0.25, 0.3) is 5.91 Å². The van der Waals surface area contributed by atoms with E-state index in [0.29, 0.717) is 10.9 Å². The van der Waals surface area contributed by atoms with Crippen LogP contribution in [0.5, 0.6) is 5.75 Å². The Morgan fingerprint density at radius 1 is 1.14 bits per heavy atom. The highest BCUT2D eigenvalue weighted by molar-refractivity contribution is 6.02. The predicted octanol–water partition coefficient (Wildman–Crippen LogP) is 3.94. The zero-order valence-corrected chi connectivity index (χ0v) is 15.1. The van der Waals surface area contributed by atoms with Crippen LogP contribution in [0.1, 0.15) is 5.56 Å². The third-order valence-electron chi connectivity index (χ3n) is 4.37. The van der Waals surface area contributed by atoms with Crippen LogP contribution in [-0.2, 0) is 11.3 Å². The molecule has 0 aliphatic rings. The Morgan fingerprint density at radius 2 is 1.93 bits per heavy atom. The molecule has 1 amide bonds. The first-order valence-electron chi connectivity index (χ1n) is 8.80. The Labute approximate surface area is 164 Å². The average Bonchev–Trinajstić information content (AvgIpc) is 3.12. The summed E-state index contributed by atoms with van der Waals surface area (Å²) in [4.78, 5) is 16.5. The van der Waals surface area contributed by atoms with Crippen LogP contribution in [0.3, 0.4) is 0 Å². The second kappa shape index (κ2) is 8.05. The number of nitrogens with zero attached hydrogens (tertiary/aromatic N) is 3. The molecule has 4 rings (SSSR count). The molecule has 0 spiro atoms. The van der Waals surface area contributed by atoms with Gasteiger partial charge in [0.1, 0.15) is 12.3 Å². The molecule has 1 aromatic heterocycles. The third-order valence-corrected chi connectivity index (χ3v) is 4.37. The van der Waals surface area contributed by atoms with Crippen molar-refractivity contribution in [3.63, 3.8) is 0 Å². The van der Waals surface area contributed by atoms with Gasteiger partial charge in [-0.1, -0.05) is 42.5 Å². The molecule has 0 aliphatic heterocycles. The lowest BCUT2D eigenvalue weighted by Crippen LogP contribution is -2.22. The molecule has 146 valence electrons. The molecule has 0 bridgehead atoms. The van der Waals surface area contributed by atoms with Crippen LogP contribution in [-0.4, -0.2) is 28.3 Å². The number of halogens is 2. The molecule has 4 aromatic rings. The van der Waals surface area contributed by atoms with Crippen LogP contribution in [0.2, 0.25) is 0 Å². The van der Waals surface area contributed by atoms with Crippen LogP contribution in [0.4, 0.5) is 8.78 Å². The maximum atomic E-state index is 12.7. The molecule has 29 heavy (non-hydrogen) atoms. The van der Waals surface area contributed by atoms with Crippen molar-refractivity contribution in [2.75, 3.05) is 0 Å². The molecule has 8 heteroatoms. The summed E-state index contributed by atoms with van der Waals surface area (Å²) in [5, 5.41) is 5.46. The smallest absolute Gasteiger partial charge is 0.387 e. The van der Waals surface area contributed by atoms with Gasteiger partial charge in [-0.05, 0) is 29.0 Å². The maximum Gasteiger partial charge on any atom is 0.387 e. The fourth-order valence-electron chi connectivity index (χ4n) is 3.10. The second-order valence-corrected chi connectivity index (χ2v) is 6.23. The Bertz CT molecular complexity index is 1200. The van der Waals surface area contributed by atoms with Crippen LogP contribution in [0.25, 0.3) is 21.8 Å². The van der Waals surface area contributed by atoms with E-state index < -0.39 is 6.61 Å². The highest BCUT2D eigenvalue weighted by atomic mass is 19.3. The number of imidazole rings is 1. The molecule has 0 unspecified atom stereocenters. The fraction of sp³-hybridized carbons (Fsp3) is 0.0952. The largest absolute Gasteiger partial charge is 0.434 e. The van der Waals surface area contributed by atoms with E-state index in [1.54, 1.807) is 29.1 Å². The quantitative estimate of drug-likeness (QED) is 0.398. The Kier molecular flexibility index (Phi) is 5.15. The predicted molar refractivity (Wildman–Crippen MR) is 106 cm³/mol. The van der Waals surface area contributed by atoms with Crippen LogP contribution < -0.4 is 10.2 Å². The summed E-state index contributed by atoms with van der Waals surface area (Å²) in [7, 11) is 0. The van der Waals surface area contributed by atoms with Crippen molar-refractivity contribution in [3.8, 4) is 5.75 Å². The van der Waals surface area contributed by atoms with E-state index in [2.05, 4.69) is 20.2 Å². The first-order valence-corrected chi connectivity index (χ1v) is 8.80. The van der Waals surface area contributed by atoms with E-state index in [0.717, 1.165) is 16.4 Å². The Hall–Kier alpha value is -3.81. The van der Waals surface area contributed by atoms with Crippen molar-refractivity contribution >= 4 is 33.9 Å². The second-order valence-electron chi connectivity index (χ2n) is 6.23. The molecular weight excluding hydrogens is 378 g/mol. The van der Waals surface area contributed by atoms with Gasteiger partial charge in [-0.2, -0.15) is 13.9 Å². The lowest BCUT2D eigenvalue weighted by atomic mass is 10.0. The normalized spacial score (nSPS) is 11.6. The van der Waals surface area contributed by atoms with Crippen LogP contribution >= 0.6 is 0 Å². The molecule has 0 radical (unpaired) electrons. The average molecular weight is 394 g/mol. The highest BCUT2D eigenvalue weighted by Gasteiger charge is 2.12. The lowest BCUT2D eigenvalue weighted by Gasteiger charge is -2.10. The topological polar surface area (TPSA) is 68.5 Å². The third kappa shape index (κ3) is 4.06. The van der Waals surface area contributed by atoms with E-state index in [-0.39, 0.29) is 18.2 Å². The summed E-state index contributed by atoms with van der Waals surface area (Å²) < 4.78 is 31.8. The molecule has 0 aliphatic carbocycles. The number of ether oxygens (including phenoxy) is 1. The highest BCUT2D eigenvalue weighted by Crippen LogP contribution is 2.27. The number of carbonyl (C=O) groups is 1. The minimum absolute atomic E-state index is 0.0164. The van der Waals surface area contributed by atoms with Crippen molar-refractivity contribution in [1.82, 2.24) is 15.0 Å². The van der Waals surface area contributed by atoms with Gasteiger partial charge < -0.3 is 9.30 Å². The summed E-state index contributed by atoms with van der Waals surface area (Å²) in [6, 6.07) is 17.8. The lowest BCUT2D eigenvalue weighted by molar-refractivity contribution is -0.121. The summed E-state index contributed by atoms with van der Waals surface area (Å²) in [6.45, 7) is -2.94. The Balaban J connectivity index is 1.54. The number of hydrogen-bond donors (Lipinski definition) is 1. The summed E-state index contributed by atoms with van der Waals surface area (Å²) >= 11 is 0. The van der Waals surface area contributed by atoms with E-state index in [9.17, 15) is 13.6 Å². The zero-order chi connectivity index (χ0) is 20.2. The minimum atomic E-state index is -2.97. The van der Waals surface area contributed by atoms with Gasteiger partial charge in [-0.3, -0.25) is 4.79 Å². The van der Waals surface area contributed by atoms with Crippen molar-refractivity contribution in [2.45, 2.75) is 13.2 Å². The zero-order valence-electron chi connectivity index (χ0n) is 15.1.